The molecular weight excluding hydrogens is 1130 g/mol. The van der Waals surface area contributed by atoms with Crippen LogP contribution in [0.4, 0.5) is 0 Å². The number of Topliss-reactive ketones (excluding diaryl/α,β-unsaturated/α-hetero) is 4. The highest BCUT2D eigenvalue weighted by Gasteiger charge is 2.25. The Morgan fingerprint density at radius 3 is 1.75 bits per heavy atom. The third-order valence-corrected chi connectivity index (χ3v) is 14.2. The van der Waals surface area contributed by atoms with Gasteiger partial charge < -0.3 is 76.7 Å². The summed E-state index contributed by atoms with van der Waals surface area (Å²) in [7, 11) is 0. The molecule has 25 nitrogen and oxygen atoms in total. The maximum absolute atomic E-state index is 12.4. The van der Waals surface area contributed by atoms with E-state index in [2.05, 4.69) is 16.0 Å². The van der Waals surface area contributed by atoms with Crippen LogP contribution in [0.3, 0.4) is 0 Å². The maximum atomic E-state index is 12.4. The van der Waals surface area contributed by atoms with Gasteiger partial charge in [-0.3, -0.25) is 38.4 Å². The van der Waals surface area contributed by atoms with Gasteiger partial charge in [0.15, 0.2) is 0 Å². The number of carboxylic acids is 3. The Kier molecular flexibility index (Phi) is 54.2. The summed E-state index contributed by atoms with van der Waals surface area (Å²) in [6, 6.07) is 4.98. The molecule has 83 heavy (non-hydrogen) atoms. The number of thioether (sulfide) groups is 2. The molecule has 0 radical (unpaired) electrons. The van der Waals surface area contributed by atoms with Crippen LogP contribution in [0.1, 0.15) is 140 Å². The van der Waals surface area contributed by atoms with Crippen LogP contribution in [0, 0.1) is 11.8 Å². The fourth-order valence-electron chi connectivity index (χ4n) is 7.02. The molecule has 0 saturated carbocycles. The number of rotatable bonds is 53. The van der Waals surface area contributed by atoms with Crippen LogP contribution in [0.25, 0.3) is 0 Å². The number of hydrogen-bond donors (Lipinski definition) is 8. The van der Waals surface area contributed by atoms with Crippen LogP contribution in [0.5, 0.6) is 5.75 Å². The molecule has 0 bridgehead atoms. The van der Waals surface area contributed by atoms with Gasteiger partial charge in [0.2, 0.25) is 17.7 Å². The van der Waals surface area contributed by atoms with E-state index in [-0.39, 0.29) is 135 Å². The number of unbranched alkanes of at least 4 members (excludes halogenated alkanes) is 7. The van der Waals surface area contributed by atoms with Crippen molar-refractivity contribution in [2.75, 3.05) is 102 Å². The van der Waals surface area contributed by atoms with E-state index in [0.717, 1.165) is 57.1 Å². The fraction of sp³-hybridized carbons (Fsp3) is 0.714. The number of aliphatic hydroxyl groups is 1. The second-order valence-electron chi connectivity index (χ2n) is 19.1. The standard InChI is InChI=1S/C52H83N3O18S2.C4H9NO.2H2O/c1-2-39(46(59)32-41(33-56)51(65)66)36-75-38-49(62)53-22-10-9-17-45(52(67)68)55-48(61)35-72-30-28-70-26-23-54-47(60)34-71-29-27-69-24-12-15-42(57)16-13-31-74-37-43(58)14-8-6-4-3-5-7-11-25-73-44-20-18-40(19-21-44)50(63)64;1-3(5)4(2)6;;/h18-21,39,41,45,56H,2-17,22-38H2,1H3,(H,53,62)(H,54,60)(H,55,61)(H,63,64)(H,65,66)(H,67,68);3H,5H2,1-2H3;2*1H2/t39-,41-,45+;3-;;/m00../s1. The number of aliphatic carboxylic acids is 2. The summed E-state index contributed by atoms with van der Waals surface area (Å²) in [5.41, 5.74) is 5.32. The molecule has 0 aromatic heterocycles. The summed E-state index contributed by atoms with van der Waals surface area (Å²) in [6.45, 7) is 6.15. The summed E-state index contributed by atoms with van der Waals surface area (Å²) >= 11 is 2.82. The second-order valence-corrected chi connectivity index (χ2v) is 21.3. The van der Waals surface area contributed by atoms with Crippen molar-refractivity contribution in [2.45, 2.75) is 142 Å². The Morgan fingerprint density at radius 2 is 1.16 bits per heavy atom. The first-order chi connectivity index (χ1) is 38.8. The topological polar surface area (TPSA) is 423 Å². The number of carbonyl (C=O) groups excluding carboxylic acids is 7. The molecule has 13 N–H and O–H groups in total. The van der Waals surface area contributed by atoms with Crippen molar-refractivity contribution in [3.63, 3.8) is 0 Å². The molecule has 1 aromatic carbocycles. The number of carboxylic acid groups (broad SMARTS) is 3. The summed E-state index contributed by atoms with van der Waals surface area (Å²) < 4.78 is 27.1. The Balaban J connectivity index is -0.00000755. The first-order valence-corrected chi connectivity index (χ1v) is 30.3. The van der Waals surface area contributed by atoms with E-state index < -0.39 is 48.3 Å². The van der Waals surface area contributed by atoms with Crippen LogP contribution in [0.15, 0.2) is 24.3 Å². The molecule has 0 unspecified atom stereocenters. The average Bonchev–Trinajstić information content (AvgIpc) is 3.42. The van der Waals surface area contributed by atoms with Gasteiger partial charge in [0, 0.05) is 57.1 Å². The van der Waals surface area contributed by atoms with Gasteiger partial charge in [-0.2, -0.15) is 23.5 Å². The average molecular weight is 1230 g/mol. The summed E-state index contributed by atoms with van der Waals surface area (Å²) in [6.07, 6.45) is 11.3. The predicted octanol–water partition coefficient (Wildman–Crippen LogP) is 3.04. The lowest BCUT2D eigenvalue weighted by Crippen LogP contribution is -2.42. The molecule has 0 saturated heterocycles. The lowest BCUT2D eigenvalue weighted by Gasteiger charge is -2.16. The lowest BCUT2D eigenvalue weighted by atomic mass is 9.94. The van der Waals surface area contributed by atoms with Crippen molar-refractivity contribution in [1.82, 2.24) is 16.0 Å². The zero-order valence-electron chi connectivity index (χ0n) is 48.8. The van der Waals surface area contributed by atoms with Crippen LogP contribution < -0.4 is 26.4 Å². The number of aromatic carboxylic acids is 1. The number of hydrogen-bond acceptors (Lipinski definition) is 19. The molecule has 4 atom stereocenters. The van der Waals surface area contributed by atoms with Gasteiger partial charge in [0.25, 0.3) is 0 Å². The van der Waals surface area contributed by atoms with E-state index in [1.807, 2.05) is 0 Å². The fourth-order valence-corrected chi connectivity index (χ4v) is 8.99. The molecule has 0 aliphatic carbocycles. The van der Waals surface area contributed by atoms with Crippen LogP contribution in [-0.4, -0.2) is 204 Å². The maximum Gasteiger partial charge on any atom is 0.335 e. The highest BCUT2D eigenvalue weighted by atomic mass is 32.2. The zero-order valence-corrected chi connectivity index (χ0v) is 50.4. The Morgan fingerprint density at radius 1 is 0.590 bits per heavy atom. The zero-order chi connectivity index (χ0) is 60.5. The number of nitrogens with two attached hydrogens (primary N) is 1. The molecule has 478 valence electrons. The van der Waals surface area contributed by atoms with E-state index >= 15 is 0 Å². The monoisotopic (exact) mass is 1220 g/mol. The van der Waals surface area contributed by atoms with E-state index in [4.69, 9.17) is 44.7 Å². The van der Waals surface area contributed by atoms with Gasteiger partial charge in [0.05, 0.1) is 75.3 Å². The highest BCUT2D eigenvalue weighted by molar-refractivity contribution is 8.00. The molecule has 0 aliphatic rings. The van der Waals surface area contributed by atoms with Crippen molar-refractivity contribution in [2.24, 2.45) is 17.6 Å². The smallest absolute Gasteiger partial charge is 0.335 e. The summed E-state index contributed by atoms with van der Waals surface area (Å²) in [4.78, 5) is 117. The number of carbonyl (C=O) groups is 10. The molecule has 3 amide bonds. The molecule has 0 heterocycles. The summed E-state index contributed by atoms with van der Waals surface area (Å²) in [5, 5.41) is 44.5. The van der Waals surface area contributed by atoms with Crippen molar-refractivity contribution >= 4 is 82.3 Å². The molecule has 1 rings (SSSR count). The minimum Gasteiger partial charge on any atom is -0.494 e. The molecule has 1 aromatic rings. The van der Waals surface area contributed by atoms with Crippen molar-refractivity contribution in [1.29, 1.82) is 0 Å². The molecular formula is C56H96N4O21S2. The van der Waals surface area contributed by atoms with Crippen LogP contribution in [0.2, 0.25) is 0 Å². The summed E-state index contributed by atoms with van der Waals surface area (Å²) in [5.74, 6) is -3.67. The number of benzene rings is 1. The molecule has 27 heteroatoms. The lowest BCUT2D eigenvalue weighted by molar-refractivity contribution is -0.145. The SMILES string of the molecule is CC(=O)[C@H](C)N.CC[C@@H](CSCC(=O)NCCCC[C@@H](NC(=O)COCCOCCNC(=O)COCCOCCCC(=O)CCCSCC(=O)CCCCCCCCCOc1ccc(C(=O)O)cc1)C(=O)O)C(=O)C[C@@H](CO)C(=O)O.O.O. The van der Waals surface area contributed by atoms with Crippen LogP contribution >= 0.6 is 23.5 Å². The predicted molar refractivity (Wildman–Crippen MR) is 315 cm³/mol. The van der Waals surface area contributed by atoms with E-state index in [1.54, 1.807) is 37.7 Å². The van der Waals surface area contributed by atoms with Gasteiger partial charge in [0.1, 0.15) is 48.1 Å². The van der Waals surface area contributed by atoms with Gasteiger partial charge in [-0.15, -0.1) is 0 Å². The number of aliphatic hydroxyl groups excluding tert-OH is 1. The molecule has 0 fully saturated rings. The second kappa shape index (κ2) is 54.8. The van der Waals surface area contributed by atoms with Crippen molar-refractivity contribution in [3.8, 4) is 5.75 Å². The minimum absolute atomic E-state index is 0. The van der Waals surface area contributed by atoms with Gasteiger partial charge in [-0.1, -0.05) is 39.0 Å². The number of ether oxygens (including phenoxy) is 5. The van der Waals surface area contributed by atoms with Crippen molar-refractivity contribution in [3.05, 3.63) is 29.8 Å². The number of amides is 3. The number of ketones is 4. The minimum atomic E-state index is -1.24. The number of nitrogens with one attached hydrogen (secondary N) is 3. The largest absolute Gasteiger partial charge is 0.494 e. The Bertz CT molecular complexity index is 1970. The van der Waals surface area contributed by atoms with Gasteiger partial charge in [-0.25, -0.2) is 9.59 Å². The first kappa shape index (κ1) is 82.1. The van der Waals surface area contributed by atoms with Gasteiger partial charge in [-0.05, 0) is 95.2 Å². The normalized spacial score (nSPS) is 12.1. The van der Waals surface area contributed by atoms with Crippen LogP contribution in [-0.2, 0) is 62.1 Å². The van der Waals surface area contributed by atoms with E-state index in [9.17, 15) is 53.1 Å². The molecule has 0 spiro atoms. The Hall–Kier alpha value is -5.10. The Labute approximate surface area is 496 Å². The highest BCUT2D eigenvalue weighted by Crippen LogP contribution is 2.19. The van der Waals surface area contributed by atoms with E-state index in [1.165, 1.54) is 30.8 Å². The third-order valence-electron chi connectivity index (χ3n) is 12.0. The molecule has 0 aliphatic heterocycles. The van der Waals surface area contributed by atoms with E-state index in [0.29, 0.717) is 75.4 Å². The van der Waals surface area contributed by atoms with Crippen molar-refractivity contribution < 1.29 is 103 Å². The quantitative estimate of drug-likeness (QED) is 0.0434. The first-order valence-electron chi connectivity index (χ1n) is 27.9. The van der Waals surface area contributed by atoms with Gasteiger partial charge >= 0.3 is 17.9 Å². The third kappa shape index (κ3) is 48.9.